The molecule has 0 N–H and O–H groups in total. The number of hydrogen-bond acceptors (Lipinski definition) is 6. The fraction of sp³-hybridized carbons (Fsp3) is 0.108. The minimum Gasteiger partial charge on any atom is -0.454 e. The van der Waals surface area contributed by atoms with Gasteiger partial charge in [-0.15, -0.1) is 0 Å². The molecular weight excluding hydrogens is 981 g/mol. The van der Waals surface area contributed by atoms with E-state index in [4.69, 9.17) is 17.7 Å². The Labute approximate surface area is 461 Å². The molecule has 2 aliphatic carbocycles. The summed E-state index contributed by atoms with van der Waals surface area (Å²) in [5.41, 5.74) is 24.1. The summed E-state index contributed by atoms with van der Waals surface area (Å²) in [6, 6.07) is 73.8. The Balaban J connectivity index is 0.941. The molecule has 0 amide bonds. The van der Waals surface area contributed by atoms with Gasteiger partial charge in [-0.05, 0) is 130 Å². The number of para-hydroxylation sites is 8. The zero-order chi connectivity index (χ0) is 53.5. The number of furan rings is 4. The molecule has 0 radical (unpaired) electrons. The van der Waals surface area contributed by atoms with Crippen molar-refractivity contribution >= 4 is 122 Å². The second-order valence-electron chi connectivity index (χ2n) is 23.1. The Hall–Kier alpha value is -9.78. The average Bonchev–Trinajstić information content (AvgIpc) is 4.48. The number of anilines is 6. The Morgan fingerprint density at radius 2 is 0.625 bits per heavy atom. The quantitative estimate of drug-likeness (QED) is 0.165. The van der Waals surface area contributed by atoms with E-state index in [1.165, 1.54) is 44.5 Å². The molecule has 2 aliphatic rings. The van der Waals surface area contributed by atoms with Crippen LogP contribution in [0.1, 0.15) is 61.1 Å². The number of fused-ring (bicyclic) bond motifs is 21. The monoisotopic (exact) mass is 1030 g/mol. The Bertz CT molecular complexity index is 4870. The van der Waals surface area contributed by atoms with Crippen LogP contribution >= 0.6 is 0 Å². The SMILES string of the molecule is Cc1ccccc1N(c1cccc2c1oc1ccccc12)c1cc2c(c3c1oc1ccccc13)-c1ccc3c(c1C2(C)C)C(C)(C)c1cc(N(c2ccccc2C)c2cccc4c2oc2ccccc24)c2oc4ccccc4c2c1-3. The van der Waals surface area contributed by atoms with Crippen LogP contribution in [0, 0.1) is 13.8 Å². The van der Waals surface area contributed by atoms with Crippen molar-refractivity contribution in [3.05, 3.63) is 240 Å². The first kappa shape index (κ1) is 45.3. The van der Waals surface area contributed by atoms with Crippen LogP contribution in [0.15, 0.2) is 224 Å². The maximum atomic E-state index is 7.26. The lowest BCUT2D eigenvalue weighted by molar-refractivity contribution is 0.601. The van der Waals surface area contributed by atoms with Crippen molar-refractivity contribution in [1.82, 2.24) is 0 Å². The van der Waals surface area contributed by atoms with Gasteiger partial charge in [0.15, 0.2) is 22.3 Å². The molecule has 15 aromatic rings. The lowest BCUT2D eigenvalue weighted by Crippen LogP contribution is -2.24. The van der Waals surface area contributed by atoms with Crippen LogP contribution in [0.2, 0.25) is 0 Å². The van der Waals surface area contributed by atoms with Crippen LogP contribution in [0.5, 0.6) is 0 Å². The Morgan fingerprint density at radius 3 is 1.04 bits per heavy atom. The highest BCUT2D eigenvalue weighted by Gasteiger charge is 2.49. The summed E-state index contributed by atoms with van der Waals surface area (Å²) >= 11 is 0. The summed E-state index contributed by atoms with van der Waals surface area (Å²) in [5.74, 6) is 0. The molecule has 0 spiro atoms. The maximum absolute atomic E-state index is 7.26. The largest absolute Gasteiger partial charge is 0.454 e. The van der Waals surface area contributed by atoms with E-state index in [2.05, 4.69) is 245 Å². The van der Waals surface area contributed by atoms with Crippen LogP contribution in [0.4, 0.5) is 34.1 Å². The standard InChI is InChI=1S/C74H52N2O4/c1-41-21-7-13-29-53(41)75(55-31-19-27-45-43-23-9-15-33-59(43)77-69(45)55)57-39-51-63(65-47-25-11-17-35-61(47)79-71(57)65)49-37-38-50-64-52(74(5,6)68(50)67(49)73(51,3)4)40-58(72-66(64)48-26-12-18-36-62(48)80-72)76(54-30-14-8-22-42(54)2)56-32-20-28-46-44-24-10-16-34-60(44)78-70(46)56/h7-40H,1-6H3. The Kier molecular flexibility index (Phi) is 9.01. The van der Waals surface area contributed by atoms with E-state index in [1.54, 1.807) is 0 Å². The predicted molar refractivity (Wildman–Crippen MR) is 330 cm³/mol. The van der Waals surface area contributed by atoms with Crippen molar-refractivity contribution in [1.29, 1.82) is 0 Å². The summed E-state index contributed by atoms with van der Waals surface area (Å²) in [6.07, 6.45) is 0. The molecule has 4 aromatic heterocycles. The van der Waals surface area contributed by atoms with Gasteiger partial charge < -0.3 is 27.5 Å². The molecule has 0 aliphatic heterocycles. The van der Waals surface area contributed by atoms with Gasteiger partial charge in [-0.1, -0.05) is 173 Å². The average molecular weight is 1030 g/mol. The number of benzene rings is 11. The molecule has 4 heterocycles. The summed E-state index contributed by atoms with van der Waals surface area (Å²) in [7, 11) is 0. The minimum atomic E-state index is -0.482. The summed E-state index contributed by atoms with van der Waals surface area (Å²) in [6.45, 7) is 14.1. The molecule has 17 rings (SSSR count). The zero-order valence-corrected chi connectivity index (χ0v) is 45.2. The lowest BCUT2D eigenvalue weighted by Gasteiger charge is -2.32. The third-order valence-electron chi connectivity index (χ3n) is 18.0. The predicted octanol–water partition coefficient (Wildman–Crippen LogP) is 21.5. The van der Waals surface area contributed by atoms with E-state index in [0.717, 1.165) is 133 Å². The van der Waals surface area contributed by atoms with Gasteiger partial charge in [0.05, 0.1) is 22.7 Å². The second kappa shape index (κ2) is 15.9. The third-order valence-corrected chi connectivity index (χ3v) is 18.0. The first-order chi connectivity index (χ1) is 39.1. The fourth-order valence-corrected chi connectivity index (χ4v) is 14.5. The van der Waals surface area contributed by atoms with Gasteiger partial charge in [0, 0.05) is 65.3 Å². The highest BCUT2D eigenvalue weighted by Crippen LogP contribution is 2.65. The summed E-state index contributed by atoms with van der Waals surface area (Å²) in [5, 5.41) is 8.72. The van der Waals surface area contributed by atoms with E-state index < -0.39 is 10.8 Å². The smallest absolute Gasteiger partial charge is 0.160 e. The first-order valence-corrected chi connectivity index (χ1v) is 27.7. The molecule has 0 atom stereocenters. The molecule has 0 fully saturated rings. The molecule has 80 heavy (non-hydrogen) atoms. The summed E-state index contributed by atoms with van der Waals surface area (Å²) in [4.78, 5) is 4.78. The molecule has 6 heteroatoms. The number of rotatable bonds is 6. The maximum Gasteiger partial charge on any atom is 0.160 e. The van der Waals surface area contributed by atoms with Crippen LogP contribution in [0.3, 0.4) is 0 Å². The van der Waals surface area contributed by atoms with Crippen molar-refractivity contribution in [2.75, 3.05) is 9.80 Å². The minimum absolute atomic E-state index is 0.482. The highest BCUT2D eigenvalue weighted by atomic mass is 16.3. The van der Waals surface area contributed by atoms with Gasteiger partial charge in [-0.3, -0.25) is 0 Å². The molecular formula is C74H52N2O4. The van der Waals surface area contributed by atoms with Crippen molar-refractivity contribution in [2.24, 2.45) is 0 Å². The van der Waals surface area contributed by atoms with Gasteiger partial charge in [-0.25, -0.2) is 0 Å². The number of aryl methyl sites for hydroxylation is 2. The second-order valence-corrected chi connectivity index (χ2v) is 23.1. The molecule has 6 nitrogen and oxygen atoms in total. The molecule has 0 bridgehead atoms. The molecule has 0 unspecified atom stereocenters. The van der Waals surface area contributed by atoms with E-state index in [9.17, 15) is 0 Å². The van der Waals surface area contributed by atoms with Crippen molar-refractivity contribution < 1.29 is 17.7 Å². The normalized spacial score (nSPS) is 14.1. The van der Waals surface area contributed by atoms with Crippen LogP contribution in [0.25, 0.3) is 110 Å². The van der Waals surface area contributed by atoms with Crippen LogP contribution < -0.4 is 9.80 Å². The Morgan fingerprint density at radius 1 is 0.300 bits per heavy atom. The van der Waals surface area contributed by atoms with Gasteiger partial charge in [0.1, 0.15) is 22.3 Å². The van der Waals surface area contributed by atoms with E-state index in [1.807, 2.05) is 12.1 Å². The fourth-order valence-electron chi connectivity index (χ4n) is 14.5. The van der Waals surface area contributed by atoms with Gasteiger partial charge in [-0.2, -0.15) is 0 Å². The molecule has 382 valence electrons. The van der Waals surface area contributed by atoms with Crippen molar-refractivity contribution in [3.63, 3.8) is 0 Å². The van der Waals surface area contributed by atoms with Crippen LogP contribution in [-0.2, 0) is 10.8 Å². The number of hydrogen-bond donors (Lipinski definition) is 0. The van der Waals surface area contributed by atoms with Gasteiger partial charge >= 0.3 is 0 Å². The lowest BCUT2D eigenvalue weighted by atomic mass is 9.72. The van der Waals surface area contributed by atoms with Crippen LogP contribution in [-0.4, -0.2) is 0 Å². The molecule has 11 aromatic carbocycles. The van der Waals surface area contributed by atoms with Crippen molar-refractivity contribution in [2.45, 2.75) is 52.4 Å². The first-order valence-electron chi connectivity index (χ1n) is 27.7. The van der Waals surface area contributed by atoms with Gasteiger partial charge in [0.25, 0.3) is 0 Å². The third kappa shape index (κ3) is 5.87. The molecule has 0 saturated carbocycles. The van der Waals surface area contributed by atoms with Gasteiger partial charge in [0.2, 0.25) is 0 Å². The van der Waals surface area contributed by atoms with E-state index in [-0.39, 0.29) is 0 Å². The topological polar surface area (TPSA) is 59.0 Å². The number of nitrogens with zero attached hydrogens (tertiary/aromatic N) is 2. The van der Waals surface area contributed by atoms with E-state index in [0.29, 0.717) is 0 Å². The molecule has 0 saturated heterocycles. The van der Waals surface area contributed by atoms with Crippen molar-refractivity contribution in [3.8, 4) is 22.3 Å². The zero-order valence-electron chi connectivity index (χ0n) is 45.2. The van der Waals surface area contributed by atoms with E-state index >= 15 is 0 Å². The highest BCUT2D eigenvalue weighted by molar-refractivity contribution is 6.23. The summed E-state index contributed by atoms with van der Waals surface area (Å²) < 4.78 is 28.3.